The molecule has 0 aromatic rings. The Morgan fingerprint density at radius 3 is 2.67 bits per heavy atom. The van der Waals surface area contributed by atoms with Crippen molar-refractivity contribution in [1.29, 1.82) is 0 Å². The Morgan fingerprint density at radius 2 is 1.80 bits per heavy atom. The molecule has 3 aliphatic carbocycles. The summed E-state index contributed by atoms with van der Waals surface area (Å²) in [6.07, 6.45) is 2.97. The highest BCUT2D eigenvalue weighted by atomic mass is 35.5. The highest BCUT2D eigenvalue weighted by Gasteiger charge is 2.15. The Balaban J connectivity index is 0.000000853. The summed E-state index contributed by atoms with van der Waals surface area (Å²) in [6, 6.07) is 12.8. The summed E-state index contributed by atoms with van der Waals surface area (Å²) < 4.78 is 0. The van der Waals surface area contributed by atoms with E-state index in [2.05, 4.69) is 42.5 Å². The molecule has 3 aliphatic rings. The van der Waals surface area contributed by atoms with Crippen LogP contribution >= 0.6 is 12.4 Å². The van der Waals surface area contributed by atoms with Crippen LogP contribution in [0.1, 0.15) is 11.1 Å². The van der Waals surface area contributed by atoms with Crippen LogP contribution in [0.15, 0.2) is 42.1 Å². The van der Waals surface area contributed by atoms with E-state index in [1.165, 1.54) is 22.3 Å². The van der Waals surface area contributed by atoms with Crippen molar-refractivity contribution in [1.82, 2.24) is 0 Å². The number of allylic oxidation sites excluding steroid dienone is 1. The van der Waals surface area contributed by atoms with Crippen LogP contribution in [0.4, 0.5) is 0 Å². The van der Waals surface area contributed by atoms with Crippen molar-refractivity contribution >= 4 is 18.5 Å². The van der Waals surface area contributed by atoms with Crippen LogP contribution < -0.4 is 5.73 Å². The van der Waals surface area contributed by atoms with Gasteiger partial charge in [0.05, 0.1) is 0 Å². The molecule has 0 bridgehead atoms. The minimum atomic E-state index is 0. The monoisotopic (exact) mass is 217 g/mol. The summed E-state index contributed by atoms with van der Waals surface area (Å²) in [5, 5.41) is 0. The summed E-state index contributed by atoms with van der Waals surface area (Å²) in [5.41, 5.74) is 12.1. The molecule has 0 fully saturated rings. The Kier molecular flexibility index (Phi) is 2.41. The van der Waals surface area contributed by atoms with Crippen LogP contribution in [0.5, 0.6) is 0 Å². The topological polar surface area (TPSA) is 26.0 Å². The van der Waals surface area contributed by atoms with Crippen molar-refractivity contribution in [3.63, 3.8) is 0 Å². The Labute approximate surface area is 95.4 Å². The van der Waals surface area contributed by atoms with Gasteiger partial charge in [-0.3, -0.25) is 0 Å². The average Bonchev–Trinajstić information content (AvgIpc) is 2.43. The number of hydrogen-bond donors (Lipinski definition) is 1. The molecule has 0 heterocycles. The number of halogens is 1. The van der Waals surface area contributed by atoms with Gasteiger partial charge in [-0.25, -0.2) is 0 Å². The molecular formula is C13H12ClN. The molecule has 0 aliphatic heterocycles. The first kappa shape index (κ1) is 10.1. The fraction of sp³-hybridized carbons (Fsp3) is 0.0769. The molecule has 2 N–H and O–H groups in total. The predicted octanol–water partition coefficient (Wildman–Crippen LogP) is 3.07. The van der Waals surface area contributed by atoms with Gasteiger partial charge in [0.25, 0.3) is 0 Å². The largest absolute Gasteiger partial charge is 0.402 e. The quantitative estimate of drug-likeness (QED) is 0.721. The first-order valence-electron chi connectivity index (χ1n) is 4.81. The van der Waals surface area contributed by atoms with Gasteiger partial charge in [-0.15, -0.1) is 12.4 Å². The van der Waals surface area contributed by atoms with E-state index >= 15 is 0 Å². The van der Waals surface area contributed by atoms with Gasteiger partial charge in [0.2, 0.25) is 0 Å². The molecule has 76 valence electrons. The van der Waals surface area contributed by atoms with E-state index in [1.807, 2.05) is 0 Å². The maximum Gasteiger partial charge on any atom is 0.0131 e. The van der Waals surface area contributed by atoms with Crippen LogP contribution in [-0.4, -0.2) is 0 Å². The van der Waals surface area contributed by atoms with E-state index in [0.717, 1.165) is 12.1 Å². The summed E-state index contributed by atoms with van der Waals surface area (Å²) in [5.74, 6) is 0. The molecule has 3 rings (SSSR count). The summed E-state index contributed by atoms with van der Waals surface area (Å²) in [6.45, 7) is 0. The Bertz CT molecular complexity index is 502. The SMILES string of the molecule is Cl.NC1=Cc2ccccc3ccc(c2-3)C1. The van der Waals surface area contributed by atoms with Crippen molar-refractivity contribution in [3.05, 3.63) is 53.2 Å². The smallest absolute Gasteiger partial charge is 0.0131 e. The third-order valence-electron chi connectivity index (χ3n) is 2.76. The van der Waals surface area contributed by atoms with Crippen LogP contribution in [0, 0.1) is 0 Å². The zero-order valence-corrected chi connectivity index (χ0v) is 9.05. The molecule has 0 saturated heterocycles. The lowest BCUT2D eigenvalue weighted by Gasteiger charge is -2.12. The van der Waals surface area contributed by atoms with Crippen molar-refractivity contribution < 1.29 is 0 Å². The molecular weight excluding hydrogens is 206 g/mol. The normalized spacial score (nSPS) is 13.2. The standard InChI is InChI=1S/C13H11N.ClH/c14-12-7-10-4-2-1-3-9-5-6-11(8-12)13(9)10;/h1-7H,8,14H2;1H. The minimum absolute atomic E-state index is 0. The van der Waals surface area contributed by atoms with Crippen LogP contribution in [0.3, 0.4) is 0 Å². The van der Waals surface area contributed by atoms with Crippen molar-refractivity contribution in [2.75, 3.05) is 0 Å². The third-order valence-corrected chi connectivity index (χ3v) is 2.76. The summed E-state index contributed by atoms with van der Waals surface area (Å²) in [4.78, 5) is 0. The van der Waals surface area contributed by atoms with E-state index in [9.17, 15) is 0 Å². The highest BCUT2D eigenvalue weighted by Crippen LogP contribution is 2.35. The van der Waals surface area contributed by atoms with Crippen molar-refractivity contribution in [2.24, 2.45) is 5.73 Å². The van der Waals surface area contributed by atoms with E-state index in [1.54, 1.807) is 0 Å². The van der Waals surface area contributed by atoms with Gasteiger partial charge in [-0.05, 0) is 28.3 Å². The molecule has 0 saturated carbocycles. The second kappa shape index (κ2) is 3.59. The summed E-state index contributed by atoms with van der Waals surface area (Å²) in [7, 11) is 0. The van der Waals surface area contributed by atoms with Gasteiger partial charge >= 0.3 is 0 Å². The maximum absolute atomic E-state index is 5.89. The number of hydrogen-bond acceptors (Lipinski definition) is 1. The van der Waals surface area contributed by atoms with Crippen molar-refractivity contribution in [3.8, 4) is 11.1 Å². The van der Waals surface area contributed by atoms with E-state index in [4.69, 9.17) is 5.73 Å². The zero-order valence-electron chi connectivity index (χ0n) is 8.23. The first-order chi connectivity index (χ1) is 6.84. The van der Waals surface area contributed by atoms with Crippen LogP contribution in [0.2, 0.25) is 0 Å². The first-order valence-corrected chi connectivity index (χ1v) is 4.81. The molecule has 2 heteroatoms. The van der Waals surface area contributed by atoms with Gasteiger partial charge in [0.15, 0.2) is 0 Å². The third kappa shape index (κ3) is 1.49. The van der Waals surface area contributed by atoms with Gasteiger partial charge in [0.1, 0.15) is 0 Å². The fourth-order valence-corrected chi connectivity index (χ4v) is 2.17. The average molecular weight is 218 g/mol. The van der Waals surface area contributed by atoms with E-state index < -0.39 is 0 Å². The molecule has 0 amide bonds. The number of rotatable bonds is 0. The molecule has 0 aromatic carbocycles. The molecule has 0 aromatic heterocycles. The minimum Gasteiger partial charge on any atom is -0.402 e. The number of nitrogens with two attached hydrogens (primary N) is 1. The lowest BCUT2D eigenvalue weighted by atomic mass is 9.95. The second-order valence-corrected chi connectivity index (χ2v) is 3.76. The van der Waals surface area contributed by atoms with Crippen molar-refractivity contribution in [2.45, 2.75) is 6.42 Å². The summed E-state index contributed by atoms with van der Waals surface area (Å²) >= 11 is 0. The van der Waals surface area contributed by atoms with E-state index in [0.29, 0.717) is 0 Å². The molecule has 0 radical (unpaired) electrons. The molecule has 0 unspecified atom stereocenters. The van der Waals surface area contributed by atoms with Gasteiger partial charge < -0.3 is 5.73 Å². The molecule has 0 atom stereocenters. The second-order valence-electron chi connectivity index (χ2n) is 3.76. The Morgan fingerprint density at radius 1 is 1.00 bits per heavy atom. The van der Waals surface area contributed by atoms with Gasteiger partial charge in [-0.1, -0.05) is 36.4 Å². The van der Waals surface area contributed by atoms with Gasteiger partial charge in [0, 0.05) is 12.1 Å². The van der Waals surface area contributed by atoms with Crippen LogP contribution in [-0.2, 0) is 6.42 Å². The fourth-order valence-electron chi connectivity index (χ4n) is 2.17. The molecule has 0 spiro atoms. The highest BCUT2D eigenvalue weighted by molar-refractivity contribution is 5.85. The lowest BCUT2D eigenvalue weighted by molar-refractivity contribution is 1.12. The lowest BCUT2D eigenvalue weighted by Crippen LogP contribution is -2.05. The van der Waals surface area contributed by atoms with E-state index in [-0.39, 0.29) is 12.4 Å². The zero-order chi connectivity index (χ0) is 9.54. The van der Waals surface area contributed by atoms with Gasteiger partial charge in [-0.2, -0.15) is 0 Å². The predicted molar refractivity (Wildman–Crippen MR) is 66.2 cm³/mol. The Hall–Kier alpha value is -1.47. The maximum atomic E-state index is 5.89. The molecule has 15 heavy (non-hydrogen) atoms. The molecule has 1 nitrogen and oxygen atoms in total. The van der Waals surface area contributed by atoms with Crippen LogP contribution in [0.25, 0.3) is 17.2 Å².